The number of carbonyl (C=O) groups excluding carboxylic acids is 1. The Balaban J connectivity index is 1.16. The number of nitrogens with zero attached hydrogens (tertiary/aromatic N) is 5. The van der Waals surface area contributed by atoms with E-state index in [4.69, 9.17) is 14.0 Å². The number of sulfonamides is 1. The van der Waals surface area contributed by atoms with Gasteiger partial charge in [-0.25, -0.2) is 8.42 Å². The highest BCUT2D eigenvalue weighted by atomic mass is 32.2. The number of ether oxygens (including phenoxy) is 2. The van der Waals surface area contributed by atoms with Crippen LogP contribution in [0.1, 0.15) is 24.3 Å². The number of likely N-dealkylation sites (tertiary alicyclic amines) is 1. The van der Waals surface area contributed by atoms with E-state index in [2.05, 4.69) is 25.3 Å². The van der Waals surface area contributed by atoms with E-state index in [1.807, 2.05) is 13.1 Å². The molecule has 0 unspecified atom stereocenters. The van der Waals surface area contributed by atoms with Gasteiger partial charge in [0.15, 0.2) is 11.5 Å². The van der Waals surface area contributed by atoms with Crippen LogP contribution in [0.5, 0.6) is 11.5 Å². The van der Waals surface area contributed by atoms with Gasteiger partial charge in [-0.2, -0.15) is 9.29 Å². The third-order valence-electron chi connectivity index (χ3n) is 7.96. The molecule has 2 fully saturated rings. The zero-order chi connectivity index (χ0) is 29.9. The summed E-state index contributed by atoms with van der Waals surface area (Å²) in [5, 5.41) is 7.07. The Morgan fingerprint density at radius 1 is 1.00 bits per heavy atom. The van der Waals surface area contributed by atoms with Gasteiger partial charge in [0.2, 0.25) is 27.6 Å². The van der Waals surface area contributed by atoms with Crippen molar-refractivity contribution in [2.75, 3.05) is 65.9 Å². The molecule has 1 aromatic heterocycles. The fraction of sp³-hybridized carbons (Fsp3) is 0.483. The van der Waals surface area contributed by atoms with Crippen LogP contribution < -0.4 is 14.8 Å². The summed E-state index contributed by atoms with van der Waals surface area (Å²) in [5.74, 6) is 1.89. The molecule has 42 heavy (non-hydrogen) atoms. The summed E-state index contributed by atoms with van der Waals surface area (Å²) in [6.45, 7) is 5.96. The molecule has 0 bridgehead atoms. The number of hydrogen-bond donors (Lipinski definition) is 1. The number of piperidine rings is 1. The number of rotatable bonds is 9. The van der Waals surface area contributed by atoms with Gasteiger partial charge in [0, 0.05) is 43.3 Å². The van der Waals surface area contributed by atoms with Crippen molar-refractivity contribution in [3.8, 4) is 22.9 Å². The maximum absolute atomic E-state index is 13.3. The quantitative estimate of drug-likeness (QED) is 0.392. The number of hydrogen-bond acceptors (Lipinski definition) is 10. The average Bonchev–Trinajstić information content (AvgIpc) is 3.46. The van der Waals surface area contributed by atoms with Crippen molar-refractivity contribution in [1.82, 2.24) is 24.2 Å². The first-order valence-corrected chi connectivity index (χ1v) is 15.5. The lowest BCUT2D eigenvalue weighted by Gasteiger charge is -2.32. The molecule has 0 spiro atoms. The Bertz CT molecular complexity index is 1510. The maximum Gasteiger partial charge on any atom is 0.243 e. The number of aryl methyl sites for hydroxylation is 1. The van der Waals surface area contributed by atoms with E-state index in [0.717, 1.165) is 5.56 Å². The highest BCUT2D eigenvalue weighted by Crippen LogP contribution is 2.31. The summed E-state index contributed by atoms with van der Waals surface area (Å²) >= 11 is 0. The second-order valence-electron chi connectivity index (χ2n) is 10.8. The molecule has 3 aromatic rings. The zero-order valence-corrected chi connectivity index (χ0v) is 25.3. The van der Waals surface area contributed by atoms with Crippen LogP contribution in [0.4, 0.5) is 5.69 Å². The molecule has 1 N–H and O–H groups in total. The first-order valence-electron chi connectivity index (χ1n) is 14.1. The number of likely N-dealkylation sites (N-methyl/N-ethyl adjacent to an activating group) is 1. The van der Waals surface area contributed by atoms with Gasteiger partial charge >= 0.3 is 0 Å². The summed E-state index contributed by atoms with van der Waals surface area (Å²) < 4.78 is 44.4. The molecule has 0 radical (unpaired) electrons. The highest BCUT2D eigenvalue weighted by Gasteiger charge is 2.30. The largest absolute Gasteiger partial charge is 0.493 e. The minimum Gasteiger partial charge on any atom is -0.493 e. The van der Waals surface area contributed by atoms with Gasteiger partial charge in [-0.05, 0) is 75.8 Å². The highest BCUT2D eigenvalue weighted by molar-refractivity contribution is 7.89. The van der Waals surface area contributed by atoms with Crippen LogP contribution in [-0.4, -0.2) is 99.1 Å². The number of piperazine rings is 1. The van der Waals surface area contributed by atoms with Crippen molar-refractivity contribution >= 4 is 21.6 Å². The van der Waals surface area contributed by atoms with Crippen LogP contribution in [0.15, 0.2) is 45.8 Å². The molecule has 5 rings (SSSR count). The molecule has 2 aliphatic rings. The molecule has 0 atom stereocenters. The topological polar surface area (TPSA) is 130 Å². The first kappa shape index (κ1) is 30.0. The van der Waals surface area contributed by atoms with Gasteiger partial charge in [0.1, 0.15) is 0 Å². The van der Waals surface area contributed by atoms with Crippen molar-refractivity contribution in [3.63, 3.8) is 0 Å². The molecule has 2 aliphatic heterocycles. The van der Waals surface area contributed by atoms with Crippen LogP contribution in [0.3, 0.4) is 0 Å². The molecular weight excluding hydrogens is 560 g/mol. The van der Waals surface area contributed by atoms with E-state index in [0.29, 0.717) is 93.1 Å². The standard InChI is InChI=1S/C29H38N6O6S/c1-20-5-7-23(18-26(20)42(37,38)35-15-13-33(2)14-16-35)30-29(36)21-9-11-34(12-10-21)19-27-31-28(32-41-27)22-6-8-24(39-3)25(17-22)40-4/h5-8,17-18,21H,9-16,19H2,1-4H3,(H,30,36). The predicted molar refractivity (Wildman–Crippen MR) is 157 cm³/mol. The Hall–Kier alpha value is -3.52. The van der Waals surface area contributed by atoms with Gasteiger partial charge < -0.3 is 24.2 Å². The number of carbonyl (C=O) groups is 1. The number of methoxy groups -OCH3 is 2. The summed E-state index contributed by atoms with van der Waals surface area (Å²) in [6, 6.07) is 10.5. The van der Waals surface area contributed by atoms with Crippen LogP contribution >= 0.6 is 0 Å². The van der Waals surface area contributed by atoms with Crippen LogP contribution in [-0.2, 0) is 21.4 Å². The van der Waals surface area contributed by atoms with Crippen LogP contribution in [0.2, 0.25) is 0 Å². The number of anilines is 1. The van der Waals surface area contributed by atoms with Crippen molar-refractivity contribution in [1.29, 1.82) is 0 Å². The van der Waals surface area contributed by atoms with Gasteiger partial charge in [-0.15, -0.1) is 0 Å². The number of aromatic nitrogens is 2. The molecule has 12 nitrogen and oxygen atoms in total. The minimum atomic E-state index is -3.64. The van der Waals surface area contributed by atoms with E-state index < -0.39 is 10.0 Å². The molecule has 2 aromatic carbocycles. The van der Waals surface area contributed by atoms with Crippen LogP contribution in [0, 0.1) is 12.8 Å². The number of nitrogens with one attached hydrogen (secondary N) is 1. The van der Waals surface area contributed by atoms with Crippen LogP contribution in [0.25, 0.3) is 11.4 Å². The summed E-state index contributed by atoms with van der Waals surface area (Å²) in [6.07, 6.45) is 1.33. The third kappa shape index (κ3) is 6.59. The molecule has 1 amide bonds. The van der Waals surface area contributed by atoms with Gasteiger partial charge in [0.05, 0.1) is 25.7 Å². The molecule has 13 heteroatoms. The number of benzene rings is 2. The fourth-order valence-electron chi connectivity index (χ4n) is 5.32. The lowest BCUT2D eigenvalue weighted by molar-refractivity contribution is -0.121. The van der Waals surface area contributed by atoms with Crippen molar-refractivity contribution in [2.45, 2.75) is 31.2 Å². The Kier molecular flexibility index (Phi) is 9.11. The SMILES string of the molecule is COc1ccc(-c2noc(CN3CCC(C(=O)Nc4ccc(C)c(S(=O)(=O)N5CCN(C)CC5)c4)CC3)n2)cc1OC. The lowest BCUT2D eigenvalue weighted by atomic mass is 9.96. The summed E-state index contributed by atoms with van der Waals surface area (Å²) in [5.41, 5.74) is 1.92. The molecule has 3 heterocycles. The summed E-state index contributed by atoms with van der Waals surface area (Å²) in [4.78, 5) is 22.2. The van der Waals surface area contributed by atoms with Crippen molar-refractivity contribution in [2.24, 2.45) is 5.92 Å². The fourth-order valence-corrected chi connectivity index (χ4v) is 7.00. The van der Waals surface area contributed by atoms with E-state index in [9.17, 15) is 13.2 Å². The summed E-state index contributed by atoms with van der Waals surface area (Å²) in [7, 11) is 1.50. The van der Waals surface area contributed by atoms with Gasteiger partial charge in [-0.3, -0.25) is 9.69 Å². The Morgan fingerprint density at radius 2 is 1.71 bits per heavy atom. The molecule has 2 saturated heterocycles. The molecule has 0 saturated carbocycles. The average molecular weight is 599 g/mol. The minimum absolute atomic E-state index is 0.102. The van der Waals surface area contributed by atoms with Gasteiger partial charge in [-0.1, -0.05) is 11.2 Å². The molecule has 226 valence electrons. The Morgan fingerprint density at radius 3 is 2.40 bits per heavy atom. The molecular formula is C29H38N6O6S. The van der Waals surface area contributed by atoms with E-state index in [-0.39, 0.29) is 16.7 Å². The lowest BCUT2D eigenvalue weighted by Crippen LogP contribution is -2.47. The van der Waals surface area contributed by atoms with Gasteiger partial charge in [0.25, 0.3) is 0 Å². The second kappa shape index (κ2) is 12.8. The first-order chi connectivity index (χ1) is 20.2. The van der Waals surface area contributed by atoms with E-state index in [1.165, 1.54) is 4.31 Å². The normalized spacial score (nSPS) is 17.7. The van der Waals surface area contributed by atoms with Crippen molar-refractivity contribution < 1.29 is 27.2 Å². The Labute approximate surface area is 246 Å². The maximum atomic E-state index is 13.3. The second-order valence-corrected chi connectivity index (χ2v) is 12.7. The monoisotopic (exact) mass is 598 g/mol. The smallest absolute Gasteiger partial charge is 0.243 e. The van der Waals surface area contributed by atoms with E-state index >= 15 is 0 Å². The predicted octanol–water partition coefficient (Wildman–Crippen LogP) is 2.85. The third-order valence-corrected chi connectivity index (χ3v) is 10.0. The number of amides is 1. The zero-order valence-electron chi connectivity index (χ0n) is 24.5. The van der Waals surface area contributed by atoms with Crippen molar-refractivity contribution in [3.05, 3.63) is 47.9 Å². The molecule has 0 aliphatic carbocycles. The van der Waals surface area contributed by atoms with E-state index in [1.54, 1.807) is 51.5 Å².